The van der Waals surface area contributed by atoms with Crippen LogP contribution in [-0.4, -0.2) is 105 Å². The number of esters is 1. The average molecular weight is 518 g/mol. The van der Waals surface area contributed by atoms with Gasteiger partial charge in [0.05, 0.1) is 38.5 Å². The van der Waals surface area contributed by atoms with E-state index in [1.165, 1.54) is 18.9 Å². The van der Waals surface area contributed by atoms with Crippen LogP contribution in [0.25, 0.3) is 0 Å². The molecule has 4 atom stereocenters. The Balaban J connectivity index is 0.000000614. The molecule has 13 nitrogen and oxygen atoms in total. The molecule has 0 unspecified atom stereocenters. The predicted octanol–water partition coefficient (Wildman–Crippen LogP) is 1.50. The quantitative estimate of drug-likeness (QED) is 0.356. The lowest BCUT2D eigenvalue weighted by Gasteiger charge is -2.27. The Bertz CT molecular complexity index is 812. The van der Waals surface area contributed by atoms with E-state index < -0.39 is 59.6 Å². The number of ether oxygens (including phenoxy) is 3. The van der Waals surface area contributed by atoms with Gasteiger partial charge in [0.25, 0.3) is 0 Å². The van der Waals surface area contributed by atoms with Gasteiger partial charge in [0.1, 0.15) is 23.3 Å². The average Bonchev–Trinajstić information content (AvgIpc) is 3.29. The first-order valence-corrected chi connectivity index (χ1v) is 11.3. The lowest BCUT2D eigenvalue weighted by atomic mass is 10.2. The fourth-order valence-electron chi connectivity index (χ4n) is 3.27. The molecule has 3 N–H and O–H groups in total. The molecule has 2 rings (SSSR count). The second-order valence-corrected chi connectivity index (χ2v) is 10.2. The van der Waals surface area contributed by atoms with Gasteiger partial charge in [0.2, 0.25) is 0 Å². The lowest BCUT2D eigenvalue weighted by Crippen LogP contribution is -2.43. The Hall–Kier alpha value is -3.11. The highest BCUT2D eigenvalue weighted by atomic mass is 16.6. The summed E-state index contributed by atoms with van der Waals surface area (Å²) in [5, 5.41) is 35.1. The van der Waals surface area contributed by atoms with Crippen molar-refractivity contribution < 1.29 is 48.7 Å². The van der Waals surface area contributed by atoms with Gasteiger partial charge in [-0.25, -0.2) is 19.2 Å². The summed E-state index contributed by atoms with van der Waals surface area (Å²) in [5.41, 5.74) is -1.31. The van der Waals surface area contributed by atoms with Crippen molar-refractivity contribution in [2.45, 2.75) is 96.8 Å². The molecule has 0 saturated carbocycles. The number of carbonyl (C=O) groups is 4. The number of aliphatic carboxylic acids is 1. The van der Waals surface area contributed by atoms with Crippen LogP contribution in [-0.2, 0) is 23.8 Å². The first-order valence-electron chi connectivity index (χ1n) is 11.3. The van der Waals surface area contributed by atoms with E-state index in [1.807, 2.05) is 0 Å². The molecular formula is C23H39N3O10. The number of rotatable bonds is 2. The molecule has 0 aromatic heterocycles. The van der Waals surface area contributed by atoms with E-state index in [0.29, 0.717) is 0 Å². The van der Waals surface area contributed by atoms with Crippen molar-refractivity contribution in [3.05, 3.63) is 0 Å². The number of nitriles is 1. The molecule has 2 fully saturated rings. The van der Waals surface area contributed by atoms with E-state index in [9.17, 15) is 29.4 Å². The highest BCUT2D eigenvalue weighted by molar-refractivity contribution is 5.82. The second-order valence-electron chi connectivity index (χ2n) is 10.2. The first kappa shape index (κ1) is 32.9. The first-order chi connectivity index (χ1) is 16.4. The summed E-state index contributed by atoms with van der Waals surface area (Å²) in [7, 11) is 1.25. The number of likely N-dealkylation sites (tertiary alicyclic amines) is 2. The van der Waals surface area contributed by atoms with Crippen molar-refractivity contribution in [2.24, 2.45) is 0 Å². The fourth-order valence-corrected chi connectivity index (χ4v) is 3.27. The standard InChI is InChI=1S/C11H19NO5.C10H17NO5.C2H3N/c1-11(2,3)17-10(15)12-6-7(13)5-8(12)9(14)16-4;1-10(2,3)16-9(15)11-5-6(12)4-7(11)8(13)14;1-2-3/h7-8,13H,5-6H2,1-4H3;6-7,12H,4-5H2,1-3H3,(H,13,14);1H3/t7-,8+;6-,7+;/m00./s1. The van der Waals surface area contributed by atoms with Gasteiger partial charge < -0.3 is 29.5 Å². The van der Waals surface area contributed by atoms with Gasteiger partial charge in [-0.3, -0.25) is 9.80 Å². The van der Waals surface area contributed by atoms with Crippen molar-refractivity contribution >= 4 is 24.1 Å². The molecule has 0 aromatic rings. The van der Waals surface area contributed by atoms with E-state index in [1.54, 1.807) is 47.6 Å². The van der Waals surface area contributed by atoms with Crippen molar-refractivity contribution in [1.29, 1.82) is 5.26 Å². The molecular weight excluding hydrogens is 478 g/mol. The number of aliphatic hydroxyl groups excluding tert-OH is 2. The Morgan fingerprint density at radius 1 is 0.833 bits per heavy atom. The molecule has 2 aliphatic heterocycles. The highest BCUT2D eigenvalue weighted by Gasteiger charge is 2.42. The van der Waals surface area contributed by atoms with Gasteiger partial charge in [0.15, 0.2) is 0 Å². The van der Waals surface area contributed by atoms with Crippen molar-refractivity contribution in [2.75, 3.05) is 20.2 Å². The third kappa shape index (κ3) is 11.5. The molecule has 13 heteroatoms. The minimum atomic E-state index is -1.12. The number of hydrogen-bond acceptors (Lipinski definition) is 10. The minimum Gasteiger partial charge on any atom is -0.480 e. The van der Waals surface area contributed by atoms with E-state index in [-0.39, 0.29) is 25.9 Å². The van der Waals surface area contributed by atoms with Gasteiger partial charge in [-0.05, 0) is 41.5 Å². The largest absolute Gasteiger partial charge is 0.480 e. The number of carboxylic acids is 1. The zero-order valence-electron chi connectivity index (χ0n) is 22.2. The highest BCUT2D eigenvalue weighted by Crippen LogP contribution is 2.23. The Kier molecular flexibility index (Phi) is 12.6. The van der Waals surface area contributed by atoms with Crippen LogP contribution in [0.5, 0.6) is 0 Å². The SMILES string of the molecule is CC#N.CC(C)(C)OC(=O)N1C[C@@H](O)C[C@@H]1C(=O)O.COC(=O)[C@H]1C[C@H](O)CN1C(=O)OC(C)(C)C. The molecule has 0 radical (unpaired) electrons. The second kappa shape index (κ2) is 13.8. The number of carbonyl (C=O) groups excluding carboxylic acids is 3. The third-order valence-electron chi connectivity index (χ3n) is 4.57. The molecule has 2 amide bonds. The maximum absolute atomic E-state index is 11.8. The maximum Gasteiger partial charge on any atom is 0.411 e. The lowest BCUT2D eigenvalue weighted by molar-refractivity contribution is -0.145. The minimum absolute atomic E-state index is 0.00583. The Morgan fingerprint density at radius 3 is 1.47 bits per heavy atom. The van der Waals surface area contributed by atoms with Crippen LogP contribution in [0.1, 0.15) is 61.3 Å². The monoisotopic (exact) mass is 517 g/mol. The number of carboxylic acid groups (broad SMARTS) is 1. The topological polar surface area (TPSA) is 187 Å². The van der Waals surface area contributed by atoms with Gasteiger partial charge in [-0.1, -0.05) is 0 Å². The van der Waals surface area contributed by atoms with Crippen LogP contribution in [0.15, 0.2) is 0 Å². The number of methoxy groups -OCH3 is 1. The number of amides is 2. The summed E-state index contributed by atoms with van der Waals surface area (Å²) in [6, 6.07) is -0.00491. The van der Waals surface area contributed by atoms with Crippen LogP contribution in [0.3, 0.4) is 0 Å². The van der Waals surface area contributed by atoms with Gasteiger partial charge >= 0.3 is 24.1 Å². The van der Waals surface area contributed by atoms with Crippen LogP contribution in [0.2, 0.25) is 0 Å². The van der Waals surface area contributed by atoms with Crippen LogP contribution in [0, 0.1) is 11.3 Å². The summed E-state index contributed by atoms with van der Waals surface area (Å²) in [6.45, 7) is 11.9. The summed E-state index contributed by atoms with van der Waals surface area (Å²) in [6.07, 6.45) is -2.58. The third-order valence-corrected chi connectivity index (χ3v) is 4.57. The summed E-state index contributed by atoms with van der Waals surface area (Å²) < 4.78 is 14.8. The van der Waals surface area contributed by atoms with Gasteiger partial charge in [-0.2, -0.15) is 5.26 Å². The zero-order chi connectivity index (χ0) is 28.4. The van der Waals surface area contributed by atoms with Crippen molar-refractivity contribution in [3.63, 3.8) is 0 Å². The van der Waals surface area contributed by atoms with E-state index in [4.69, 9.17) is 19.8 Å². The smallest absolute Gasteiger partial charge is 0.411 e. The maximum atomic E-state index is 11.8. The number of aliphatic hydroxyl groups is 2. The molecule has 36 heavy (non-hydrogen) atoms. The molecule has 206 valence electrons. The Labute approximate surface area is 211 Å². The fraction of sp³-hybridized carbons (Fsp3) is 0.783. The molecule has 2 saturated heterocycles. The summed E-state index contributed by atoms with van der Waals surface area (Å²) in [4.78, 5) is 48.1. The zero-order valence-corrected chi connectivity index (χ0v) is 22.2. The van der Waals surface area contributed by atoms with Crippen LogP contribution >= 0.6 is 0 Å². The molecule has 0 bridgehead atoms. The van der Waals surface area contributed by atoms with Crippen molar-refractivity contribution in [3.8, 4) is 6.07 Å². The molecule has 0 spiro atoms. The van der Waals surface area contributed by atoms with E-state index >= 15 is 0 Å². The number of hydrogen-bond donors (Lipinski definition) is 3. The normalized spacial score (nSPS) is 23.2. The van der Waals surface area contributed by atoms with Crippen molar-refractivity contribution in [1.82, 2.24) is 9.80 Å². The van der Waals surface area contributed by atoms with Crippen LogP contribution < -0.4 is 0 Å². The van der Waals surface area contributed by atoms with E-state index in [2.05, 4.69) is 4.74 Å². The summed E-state index contributed by atoms with van der Waals surface area (Å²) in [5.74, 6) is -1.66. The Morgan fingerprint density at radius 2 is 1.17 bits per heavy atom. The molecule has 0 aromatic carbocycles. The molecule has 2 aliphatic rings. The summed E-state index contributed by atoms with van der Waals surface area (Å²) >= 11 is 0. The number of β-amino-alcohol motifs (C(OH)–C–C–N with tert-alkyl or cyclic N) is 2. The number of nitrogens with zero attached hydrogens (tertiary/aromatic N) is 3. The molecule has 0 aliphatic carbocycles. The van der Waals surface area contributed by atoms with Crippen LogP contribution in [0.4, 0.5) is 9.59 Å². The van der Waals surface area contributed by atoms with Gasteiger partial charge in [-0.15, -0.1) is 0 Å². The molecule has 2 heterocycles. The van der Waals surface area contributed by atoms with E-state index in [0.717, 1.165) is 4.90 Å². The van der Waals surface area contributed by atoms with Gasteiger partial charge in [0, 0.05) is 19.8 Å². The predicted molar refractivity (Wildman–Crippen MR) is 126 cm³/mol.